The summed E-state index contributed by atoms with van der Waals surface area (Å²) >= 11 is 1.50. The van der Waals surface area contributed by atoms with E-state index >= 15 is 0 Å². The van der Waals surface area contributed by atoms with Crippen LogP contribution in [0.2, 0.25) is 0 Å². The van der Waals surface area contributed by atoms with E-state index in [0.717, 1.165) is 10.8 Å². The SMILES string of the molecule is CN(C)c1ccc(SCC(=O)OC(C)(C)C)n1C. The fraction of sp³-hybridized carbons (Fsp3) is 0.615. The highest BCUT2D eigenvalue weighted by Gasteiger charge is 2.17. The molecule has 0 spiro atoms. The highest BCUT2D eigenvalue weighted by Crippen LogP contribution is 2.25. The average Bonchev–Trinajstić information content (AvgIpc) is 2.54. The Labute approximate surface area is 113 Å². The Kier molecular flexibility index (Phi) is 4.73. The third kappa shape index (κ3) is 4.29. The molecule has 18 heavy (non-hydrogen) atoms. The molecule has 0 bridgehead atoms. The lowest BCUT2D eigenvalue weighted by Crippen LogP contribution is -2.25. The lowest BCUT2D eigenvalue weighted by atomic mass is 10.2. The molecule has 0 aromatic carbocycles. The second kappa shape index (κ2) is 5.69. The summed E-state index contributed by atoms with van der Waals surface area (Å²) in [6, 6.07) is 4.06. The van der Waals surface area contributed by atoms with Gasteiger partial charge in [-0.1, -0.05) is 11.8 Å². The van der Waals surface area contributed by atoms with Crippen molar-refractivity contribution in [2.24, 2.45) is 7.05 Å². The van der Waals surface area contributed by atoms with Crippen molar-refractivity contribution in [3.63, 3.8) is 0 Å². The standard InChI is InChI=1S/C13H22N2O2S/c1-13(2,3)17-12(16)9-18-11-8-7-10(14(4)5)15(11)6/h7-8H,9H2,1-6H3. The van der Waals surface area contributed by atoms with E-state index in [1.54, 1.807) is 0 Å². The molecule has 1 heterocycles. The van der Waals surface area contributed by atoms with E-state index in [1.165, 1.54) is 11.8 Å². The van der Waals surface area contributed by atoms with Gasteiger partial charge in [-0.15, -0.1) is 0 Å². The summed E-state index contributed by atoms with van der Waals surface area (Å²) in [5.74, 6) is 1.27. The number of esters is 1. The van der Waals surface area contributed by atoms with Gasteiger partial charge in [-0.2, -0.15) is 0 Å². The summed E-state index contributed by atoms with van der Waals surface area (Å²) in [4.78, 5) is 13.7. The minimum atomic E-state index is -0.416. The van der Waals surface area contributed by atoms with Gasteiger partial charge in [-0.3, -0.25) is 4.79 Å². The van der Waals surface area contributed by atoms with Crippen LogP contribution >= 0.6 is 11.8 Å². The number of carbonyl (C=O) groups is 1. The number of hydrogen-bond donors (Lipinski definition) is 0. The van der Waals surface area contributed by atoms with Crippen molar-refractivity contribution in [1.82, 2.24) is 4.57 Å². The maximum Gasteiger partial charge on any atom is 0.316 e. The average molecular weight is 270 g/mol. The first kappa shape index (κ1) is 15.0. The first-order chi connectivity index (χ1) is 8.20. The number of ether oxygens (including phenoxy) is 1. The smallest absolute Gasteiger partial charge is 0.316 e. The van der Waals surface area contributed by atoms with E-state index in [1.807, 2.05) is 58.9 Å². The molecule has 102 valence electrons. The lowest BCUT2D eigenvalue weighted by Gasteiger charge is -2.19. The molecule has 0 aliphatic carbocycles. The summed E-state index contributed by atoms with van der Waals surface area (Å²) in [6.45, 7) is 5.63. The molecule has 0 radical (unpaired) electrons. The van der Waals surface area contributed by atoms with E-state index < -0.39 is 5.60 Å². The van der Waals surface area contributed by atoms with Crippen LogP contribution in [0.25, 0.3) is 0 Å². The Morgan fingerprint density at radius 2 is 2.00 bits per heavy atom. The Morgan fingerprint density at radius 3 is 2.44 bits per heavy atom. The predicted octanol–water partition coefficient (Wildman–Crippen LogP) is 2.52. The molecule has 0 fully saturated rings. The molecule has 0 aliphatic heterocycles. The summed E-state index contributed by atoms with van der Waals surface area (Å²) in [6.07, 6.45) is 0. The zero-order valence-electron chi connectivity index (χ0n) is 12.0. The van der Waals surface area contributed by atoms with Crippen LogP contribution in [0, 0.1) is 0 Å². The van der Waals surface area contributed by atoms with Crippen LogP contribution in [-0.4, -0.2) is 36.0 Å². The monoisotopic (exact) mass is 270 g/mol. The van der Waals surface area contributed by atoms with Crippen molar-refractivity contribution < 1.29 is 9.53 Å². The summed E-state index contributed by atoms with van der Waals surface area (Å²) < 4.78 is 7.34. The Hall–Kier alpha value is -1.10. The molecule has 0 atom stereocenters. The second-order valence-corrected chi connectivity index (χ2v) is 6.35. The number of thioether (sulfide) groups is 1. The molecule has 0 N–H and O–H groups in total. The van der Waals surface area contributed by atoms with Crippen molar-refractivity contribution in [2.45, 2.75) is 31.4 Å². The number of aromatic nitrogens is 1. The summed E-state index contributed by atoms with van der Waals surface area (Å²) in [5.41, 5.74) is -0.416. The Bertz CT molecular complexity index is 419. The Balaban J connectivity index is 2.57. The molecule has 0 amide bonds. The highest BCUT2D eigenvalue weighted by atomic mass is 32.2. The minimum Gasteiger partial charge on any atom is -0.459 e. The normalized spacial score (nSPS) is 11.4. The zero-order chi connectivity index (χ0) is 13.9. The van der Waals surface area contributed by atoms with Crippen LogP contribution in [0.1, 0.15) is 20.8 Å². The van der Waals surface area contributed by atoms with Crippen molar-refractivity contribution in [1.29, 1.82) is 0 Å². The number of carbonyl (C=O) groups excluding carboxylic acids is 1. The van der Waals surface area contributed by atoms with Crippen molar-refractivity contribution in [3.05, 3.63) is 12.1 Å². The van der Waals surface area contributed by atoms with Gasteiger partial charge in [0.1, 0.15) is 11.4 Å². The fourth-order valence-electron chi connectivity index (χ4n) is 1.58. The molecular weight excluding hydrogens is 248 g/mol. The van der Waals surface area contributed by atoms with Gasteiger partial charge in [-0.05, 0) is 32.9 Å². The van der Waals surface area contributed by atoms with Gasteiger partial charge in [0, 0.05) is 21.1 Å². The molecule has 1 aromatic heterocycles. The van der Waals surface area contributed by atoms with Crippen LogP contribution in [-0.2, 0) is 16.6 Å². The number of hydrogen-bond acceptors (Lipinski definition) is 4. The first-order valence-corrected chi connectivity index (χ1v) is 6.87. The van der Waals surface area contributed by atoms with Crippen molar-refractivity contribution in [3.8, 4) is 0 Å². The predicted molar refractivity (Wildman–Crippen MR) is 76.3 cm³/mol. The van der Waals surface area contributed by atoms with Gasteiger partial charge < -0.3 is 14.2 Å². The van der Waals surface area contributed by atoms with Crippen LogP contribution in [0.5, 0.6) is 0 Å². The third-order valence-corrected chi connectivity index (χ3v) is 3.35. The van der Waals surface area contributed by atoms with Gasteiger partial charge in [0.15, 0.2) is 0 Å². The van der Waals surface area contributed by atoms with Gasteiger partial charge in [0.05, 0.1) is 10.8 Å². The molecule has 1 aromatic rings. The van der Waals surface area contributed by atoms with E-state index in [4.69, 9.17) is 4.74 Å². The lowest BCUT2D eigenvalue weighted by molar-refractivity contribution is -0.151. The summed E-state index contributed by atoms with van der Waals surface area (Å²) in [5, 5.41) is 1.06. The minimum absolute atomic E-state index is 0.180. The molecule has 0 saturated heterocycles. The first-order valence-electron chi connectivity index (χ1n) is 5.88. The van der Waals surface area contributed by atoms with Gasteiger partial charge >= 0.3 is 5.97 Å². The topological polar surface area (TPSA) is 34.5 Å². The number of anilines is 1. The maximum absolute atomic E-state index is 11.6. The molecule has 5 heteroatoms. The maximum atomic E-state index is 11.6. The van der Waals surface area contributed by atoms with Crippen LogP contribution in [0.4, 0.5) is 5.82 Å². The largest absolute Gasteiger partial charge is 0.459 e. The highest BCUT2D eigenvalue weighted by molar-refractivity contribution is 7.99. The van der Waals surface area contributed by atoms with Gasteiger partial charge in [-0.25, -0.2) is 0 Å². The van der Waals surface area contributed by atoms with Crippen molar-refractivity contribution in [2.75, 3.05) is 24.7 Å². The fourth-order valence-corrected chi connectivity index (χ4v) is 2.36. The van der Waals surface area contributed by atoms with Crippen molar-refractivity contribution >= 4 is 23.5 Å². The van der Waals surface area contributed by atoms with E-state index in [-0.39, 0.29) is 5.97 Å². The Morgan fingerprint density at radius 1 is 1.39 bits per heavy atom. The molecule has 0 aliphatic rings. The number of rotatable bonds is 4. The molecule has 1 rings (SSSR count). The zero-order valence-corrected chi connectivity index (χ0v) is 12.8. The van der Waals surface area contributed by atoms with Crippen LogP contribution in [0.3, 0.4) is 0 Å². The second-order valence-electron chi connectivity index (χ2n) is 5.36. The van der Waals surface area contributed by atoms with Gasteiger partial charge in [0.25, 0.3) is 0 Å². The molecule has 4 nitrogen and oxygen atoms in total. The number of nitrogens with zero attached hydrogens (tertiary/aromatic N) is 2. The quantitative estimate of drug-likeness (QED) is 0.622. The van der Waals surface area contributed by atoms with Gasteiger partial charge in [0.2, 0.25) is 0 Å². The van der Waals surface area contributed by atoms with Crippen LogP contribution < -0.4 is 4.90 Å². The molecular formula is C13H22N2O2S. The molecule has 0 unspecified atom stereocenters. The van der Waals surface area contributed by atoms with E-state index in [9.17, 15) is 4.79 Å². The summed E-state index contributed by atoms with van der Waals surface area (Å²) in [7, 11) is 5.99. The van der Waals surface area contributed by atoms with E-state index in [0.29, 0.717) is 5.75 Å². The van der Waals surface area contributed by atoms with Crippen LogP contribution in [0.15, 0.2) is 17.2 Å². The molecule has 0 saturated carbocycles. The van der Waals surface area contributed by atoms with E-state index in [2.05, 4.69) is 4.57 Å². The third-order valence-electron chi connectivity index (χ3n) is 2.27.